The molecule has 288 valence electrons. The standard InChI is InChI=1S/C25H37F3N4O4.C2HF3O2.CHF3.CH2O2/c1-34-14-7-24(6-3-19(16-24)30-20-5-13-36-17-21(20)35-2)23(33)32-11-9-31(10-12-32)22-15-18(4-8-29-22)25(26,27)28;3-2(4,5)1(6)7;2-1(3)4;2-1-3/h4,8,15,19-21,30H,3,5-7,9-14,16-17H2,1-2H3;(H,6,7);1H;1H,(H,2,3)/t19-,20?,21?,24-;;;/m1.../s1. The fourth-order valence-electron chi connectivity index (χ4n) is 5.77. The molecule has 21 heteroatoms. The van der Waals surface area contributed by atoms with Gasteiger partial charge in [0.05, 0.1) is 23.7 Å². The molecule has 4 rings (SSSR count). The van der Waals surface area contributed by atoms with Gasteiger partial charge in [0.2, 0.25) is 5.91 Å². The van der Waals surface area contributed by atoms with E-state index in [0.717, 1.165) is 37.8 Å². The van der Waals surface area contributed by atoms with Gasteiger partial charge in [-0.3, -0.25) is 9.59 Å². The molecule has 2 aliphatic heterocycles. The van der Waals surface area contributed by atoms with E-state index in [9.17, 15) is 44.3 Å². The predicted octanol–water partition coefficient (Wildman–Crippen LogP) is 4.23. The smallest absolute Gasteiger partial charge is 0.483 e. The molecule has 1 amide bonds. The number of carbonyl (C=O) groups excluding carboxylic acids is 1. The Hall–Kier alpha value is -3.43. The van der Waals surface area contributed by atoms with E-state index in [1.54, 1.807) is 14.2 Å². The zero-order valence-electron chi connectivity index (χ0n) is 27.2. The van der Waals surface area contributed by atoms with E-state index in [1.165, 1.54) is 6.20 Å². The summed E-state index contributed by atoms with van der Waals surface area (Å²) in [5, 5.41) is 17.7. The Morgan fingerprint density at radius 3 is 2.20 bits per heavy atom. The second-order valence-corrected chi connectivity index (χ2v) is 11.2. The van der Waals surface area contributed by atoms with Crippen LogP contribution < -0.4 is 10.2 Å². The van der Waals surface area contributed by atoms with Crippen molar-refractivity contribution < 1.29 is 78.3 Å². The summed E-state index contributed by atoms with van der Waals surface area (Å²) in [5.74, 6) is -2.34. The summed E-state index contributed by atoms with van der Waals surface area (Å²) in [6.45, 7) is -0.350. The molecule has 2 saturated heterocycles. The van der Waals surface area contributed by atoms with Gasteiger partial charge < -0.3 is 39.5 Å². The third-order valence-electron chi connectivity index (χ3n) is 8.11. The molecule has 50 heavy (non-hydrogen) atoms. The number of hydrogen-bond donors (Lipinski definition) is 3. The van der Waals surface area contributed by atoms with Crippen LogP contribution in [0.5, 0.6) is 0 Å². The lowest BCUT2D eigenvalue weighted by molar-refractivity contribution is -0.192. The minimum absolute atomic E-state index is 0.000891. The van der Waals surface area contributed by atoms with Gasteiger partial charge >= 0.3 is 25.0 Å². The number of methoxy groups -OCH3 is 2. The maximum absolute atomic E-state index is 13.8. The molecule has 1 aromatic heterocycles. The number of rotatable bonds is 8. The van der Waals surface area contributed by atoms with Gasteiger partial charge in [0.25, 0.3) is 6.47 Å². The molecule has 3 fully saturated rings. The SMILES string of the molecule is COCC[C@]1(C(=O)N2CCN(c3cc(C(F)(F)F)ccn3)CC2)CC[C@@H](NC2CCOCC2OC)C1.FC(F)F.O=C(O)C(F)(F)F.O=CO. The van der Waals surface area contributed by atoms with Crippen LogP contribution >= 0.6 is 0 Å². The summed E-state index contributed by atoms with van der Waals surface area (Å²) >= 11 is 0. The van der Waals surface area contributed by atoms with E-state index in [0.29, 0.717) is 58.2 Å². The molecule has 1 aromatic rings. The minimum atomic E-state index is -5.08. The van der Waals surface area contributed by atoms with Crippen LogP contribution in [0.4, 0.5) is 45.3 Å². The minimum Gasteiger partial charge on any atom is -0.483 e. The lowest BCUT2D eigenvalue weighted by Gasteiger charge is -2.40. The molecular weight excluding hydrogens is 703 g/mol. The number of halogens is 9. The number of carboxylic acids is 1. The highest BCUT2D eigenvalue weighted by Gasteiger charge is 2.48. The molecule has 0 radical (unpaired) electrons. The fraction of sp³-hybridized carbons (Fsp3) is 0.724. The molecule has 1 aliphatic carbocycles. The number of alkyl halides is 9. The first-order valence-corrected chi connectivity index (χ1v) is 15.1. The summed E-state index contributed by atoms with van der Waals surface area (Å²) in [7, 11) is 3.35. The molecule has 12 nitrogen and oxygen atoms in total. The summed E-state index contributed by atoms with van der Waals surface area (Å²) in [6, 6.07) is 2.46. The number of aliphatic carboxylic acids is 1. The number of aromatic nitrogens is 1. The monoisotopic (exact) mass is 744 g/mol. The van der Waals surface area contributed by atoms with Crippen molar-refractivity contribution in [1.29, 1.82) is 0 Å². The first kappa shape index (κ1) is 44.6. The Bertz CT molecular complexity index is 1170. The van der Waals surface area contributed by atoms with E-state index in [-0.39, 0.29) is 30.6 Å². The molecule has 0 bridgehead atoms. The van der Waals surface area contributed by atoms with Crippen molar-refractivity contribution >= 4 is 24.2 Å². The van der Waals surface area contributed by atoms with Gasteiger partial charge in [0, 0.05) is 71.9 Å². The van der Waals surface area contributed by atoms with Crippen molar-refractivity contribution in [3.05, 3.63) is 23.9 Å². The average Bonchev–Trinajstić information content (AvgIpc) is 3.47. The van der Waals surface area contributed by atoms with Crippen molar-refractivity contribution in [3.63, 3.8) is 0 Å². The lowest BCUT2D eigenvalue weighted by Crippen LogP contribution is -2.54. The van der Waals surface area contributed by atoms with E-state index in [2.05, 4.69) is 10.3 Å². The first-order valence-electron chi connectivity index (χ1n) is 15.1. The number of ether oxygens (including phenoxy) is 3. The Morgan fingerprint density at radius 2 is 1.70 bits per heavy atom. The highest BCUT2D eigenvalue weighted by molar-refractivity contribution is 5.83. The van der Waals surface area contributed by atoms with E-state index < -0.39 is 36.0 Å². The van der Waals surface area contributed by atoms with Gasteiger partial charge in [0.15, 0.2) is 0 Å². The van der Waals surface area contributed by atoms with Crippen LogP contribution in [-0.4, -0.2) is 130 Å². The van der Waals surface area contributed by atoms with Gasteiger partial charge in [-0.05, 0) is 44.2 Å². The molecule has 4 atom stereocenters. The summed E-state index contributed by atoms with van der Waals surface area (Å²) < 4.78 is 117. The average molecular weight is 745 g/mol. The second kappa shape index (κ2) is 21.1. The van der Waals surface area contributed by atoms with Gasteiger partial charge in [-0.25, -0.2) is 9.78 Å². The number of carbonyl (C=O) groups is 3. The van der Waals surface area contributed by atoms with Crippen molar-refractivity contribution in [3.8, 4) is 0 Å². The number of carboxylic acid groups (broad SMARTS) is 2. The molecule has 1 saturated carbocycles. The molecule has 3 N–H and O–H groups in total. The normalized spacial score (nSPS) is 23.8. The van der Waals surface area contributed by atoms with E-state index in [4.69, 9.17) is 34.0 Å². The maximum Gasteiger partial charge on any atom is 0.490 e. The van der Waals surface area contributed by atoms with Gasteiger partial charge in [0.1, 0.15) is 5.82 Å². The van der Waals surface area contributed by atoms with Crippen molar-refractivity contribution in [2.24, 2.45) is 5.41 Å². The van der Waals surface area contributed by atoms with Gasteiger partial charge in [-0.15, -0.1) is 0 Å². The lowest BCUT2D eigenvalue weighted by atomic mass is 9.80. The number of amides is 1. The largest absolute Gasteiger partial charge is 0.490 e. The second-order valence-electron chi connectivity index (χ2n) is 11.2. The summed E-state index contributed by atoms with van der Waals surface area (Å²) in [6.07, 6.45) is -4.37. The van der Waals surface area contributed by atoms with E-state index >= 15 is 0 Å². The molecular formula is C29H41F9N4O8. The van der Waals surface area contributed by atoms with Crippen LogP contribution in [-0.2, 0) is 34.8 Å². The zero-order chi connectivity index (χ0) is 38.1. The van der Waals surface area contributed by atoms with Crippen LogP contribution in [0.25, 0.3) is 0 Å². The third kappa shape index (κ3) is 14.8. The Labute approximate surface area is 281 Å². The zero-order valence-corrected chi connectivity index (χ0v) is 27.2. The maximum atomic E-state index is 13.8. The number of pyridine rings is 1. The molecule has 2 unspecified atom stereocenters. The first-order chi connectivity index (χ1) is 23.3. The molecule has 3 heterocycles. The van der Waals surface area contributed by atoms with Crippen LogP contribution in [0.2, 0.25) is 0 Å². The van der Waals surface area contributed by atoms with Gasteiger partial charge in [-0.2, -0.15) is 39.5 Å². The molecule has 0 spiro atoms. The topological polar surface area (TPSA) is 151 Å². The molecule has 3 aliphatic rings. The van der Waals surface area contributed by atoms with Crippen molar-refractivity contribution in [2.45, 2.75) is 69.3 Å². The number of nitrogens with zero attached hydrogens (tertiary/aromatic N) is 3. The quantitative estimate of drug-likeness (QED) is 0.259. The van der Waals surface area contributed by atoms with E-state index in [1.807, 2.05) is 9.80 Å². The van der Waals surface area contributed by atoms with Crippen molar-refractivity contribution in [1.82, 2.24) is 15.2 Å². The molecule has 0 aromatic carbocycles. The Kier molecular flexibility index (Phi) is 18.8. The highest BCUT2D eigenvalue weighted by Crippen LogP contribution is 2.44. The number of nitrogens with one attached hydrogen (secondary N) is 1. The van der Waals surface area contributed by atoms with Gasteiger partial charge in [-0.1, -0.05) is 0 Å². The van der Waals surface area contributed by atoms with Crippen LogP contribution in [0, 0.1) is 5.41 Å². The van der Waals surface area contributed by atoms with Crippen LogP contribution in [0.3, 0.4) is 0 Å². The summed E-state index contributed by atoms with van der Waals surface area (Å²) in [4.78, 5) is 38.9. The van der Waals surface area contributed by atoms with Crippen LogP contribution in [0.1, 0.15) is 37.7 Å². The summed E-state index contributed by atoms with van der Waals surface area (Å²) in [5.41, 5.74) is -1.22. The number of anilines is 1. The predicted molar refractivity (Wildman–Crippen MR) is 157 cm³/mol. The Morgan fingerprint density at radius 1 is 1.12 bits per heavy atom. The third-order valence-corrected chi connectivity index (χ3v) is 8.11. The number of hydrogen-bond acceptors (Lipinski definition) is 9. The highest BCUT2D eigenvalue weighted by atomic mass is 19.4. The number of piperazine rings is 1. The fourth-order valence-corrected chi connectivity index (χ4v) is 5.77. The Balaban J connectivity index is 0.000000758. The van der Waals surface area contributed by atoms with Crippen molar-refractivity contribution in [2.75, 3.05) is 65.1 Å². The van der Waals surface area contributed by atoms with Crippen LogP contribution in [0.15, 0.2) is 18.3 Å².